The minimum atomic E-state index is -0.981. The average Bonchev–Trinajstić information content (AvgIpc) is 1.81. The fourth-order valence-corrected chi connectivity index (χ4v) is 0.533. The molecule has 0 rings (SSSR count). The lowest BCUT2D eigenvalue weighted by Crippen LogP contribution is -2.26. The first-order valence-corrected chi connectivity index (χ1v) is 3.99. The third-order valence-electron chi connectivity index (χ3n) is 0.935. The summed E-state index contributed by atoms with van der Waals surface area (Å²) in [5.74, 6) is -0.670. The second-order valence-electron chi connectivity index (χ2n) is 3.48. The van der Waals surface area contributed by atoms with E-state index in [9.17, 15) is 9.59 Å². The Bertz CT molecular complexity index is 195. The fraction of sp³-hybridized carbons (Fsp3) is 0.750. The van der Waals surface area contributed by atoms with E-state index in [1.165, 1.54) is 0 Å². The van der Waals surface area contributed by atoms with Crippen molar-refractivity contribution in [2.75, 3.05) is 6.54 Å². The van der Waals surface area contributed by atoms with Gasteiger partial charge in [0.15, 0.2) is 0 Å². The summed E-state index contributed by atoms with van der Waals surface area (Å²) < 4.78 is 9.02. The van der Waals surface area contributed by atoms with Gasteiger partial charge in [-0.05, 0) is 20.8 Å². The van der Waals surface area contributed by atoms with Crippen molar-refractivity contribution in [2.45, 2.75) is 32.8 Å². The van der Waals surface area contributed by atoms with Gasteiger partial charge >= 0.3 is 12.1 Å². The van der Waals surface area contributed by atoms with Crippen LogP contribution in [0.25, 0.3) is 0 Å². The van der Waals surface area contributed by atoms with Gasteiger partial charge in [0.2, 0.25) is 0 Å². The van der Waals surface area contributed by atoms with Gasteiger partial charge in [-0.3, -0.25) is 4.79 Å². The standard InChI is InChI=1S/C8H15NO4/c1-8(2,3)13-7(11)12-6(10)4-5-9/h4-5,9H2,1-3H3. The van der Waals surface area contributed by atoms with Crippen LogP contribution in [0, 0.1) is 0 Å². The minimum absolute atomic E-state index is 0.0131. The van der Waals surface area contributed by atoms with Gasteiger partial charge in [0, 0.05) is 6.54 Å². The van der Waals surface area contributed by atoms with Crippen molar-refractivity contribution in [3.63, 3.8) is 0 Å². The Morgan fingerprint density at radius 3 is 2.23 bits per heavy atom. The number of hydrogen-bond donors (Lipinski definition) is 1. The van der Waals surface area contributed by atoms with Crippen LogP contribution in [-0.4, -0.2) is 24.3 Å². The number of nitrogens with two attached hydrogens (primary N) is 1. The van der Waals surface area contributed by atoms with E-state index in [2.05, 4.69) is 4.74 Å². The molecular formula is C8H15NO4. The Hall–Kier alpha value is -1.10. The van der Waals surface area contributed by atoms with Crippen LogP contribution >= 0.6 is 0 Å². The van der Waals surface area contributed by atoms with Crippen LogP contribution in [0.1, 0.15) is 27.2 Å². The summed E-state index contributed by atoms with van der Waals surface area (Å²) in [4.78, 5) is 21.6. The smallest absolute Gasteiger partial charge is 0.428 e. The van der Waals surface area contributed by atoms with Gasteiger partial charge < -0.3 is 15.2 Å². The quantitative estimate of drug-likeness (QED) is 0.513. The number of hydrogen-bond acceptors (Lipinski definition) is 5. The van der Waals surface area contributed by atoms with Gasteiger partial charge in [-0.2, -0.15) is 0 Å². The maximum atomic E-state index is 10.8. The van der Waals surface area contributed by atoms with Gasteiger partial charge in [0.25, 0.3) is 0 Å². The van der Waals surface area contributed by atoms with Gasteiger partial charge in [-0.15, -0.1) is 0 Å². The molecule has 0 aromatic rings. The molecule has 13 heavy (non-hydrogen) atoms. The molecule has 0 saturated heterocycles. The van der Waals surface area contributed by atoms with Crippen LogP contribution in [-0.2, 0) is 14.3 Å². The molecule has 0 aromatic carbocycles. The number of carbonyl (C=O) groups is 2. The van der Waals surface area contributed by atoms with E-state index in [0.717, 1.165) is 0 Å². The van der Waals surface area contributed by atoms with Crippen molar-refractivity contribution in [3.05, 3.63) is 0 Å². The lowest BCUT2D eigenvalue weighted by molar-refractivity contribution is -0.141. The predicted molar refractivity (Wildman–Crippen MR) is 46.0 cm³/mol. The molecule has 0 aromatic heterocycles. The number of rotatable bonds is 2. The molecule has 2 N–H and O–H groups in total. The Morgan fingerprint density at radius 2 is 1.85 bits per heavy atom. The fourth-order valence-electron chi connectivity index (χ4n) is 0.533. The van der Waals surface area contributed by atoms with Crippen molar-refractivity contribution in [3.8, 4) is 0 Å². The molecule has 0 aliphatic heterocycles. The summed E-state index contributed by atoms with van der Waals surface area (Å²) in [6, 6.07) is 0. The number of carbonyl (C=O) groups excluding carboxylic acids is 2. The molecule has 0 unspecified atom stereocenters. The summed E-state index contributed by atoms with van der Waals surface area (Å²) in [5, 5.41) is 0. The minimum Gasteiger partial charge on any atom is -0.428 e. The molecule has 0 fully saturated rings. The maximum absolute atomic E-state index is 10.8. The first-order valence-electron chi connectivity index (χ1n) is 3.99. The van der Waals surface area contributed by atoms with Crippen LogP contribution in [0.4, 0.5) is 4.79 Å². The molecule has 0 heterocycles. The first-order chi connectivity index (χ1) is 5.85. The van der Waals surface area contributed by atoms with Crippen LogP contribution in [0.3, 0.4) is 0 Å². The van der Waals surface area contributed by atoms with Crippen LogP contribution in [0.15, 0.2) is 0 Å². The highest BCUT2D eigenvalue weighted by Crippen LogP contribution is 2.08. The molecule has 0 radical (unpaired) electrons. The second-order valence-corrected chi connectivity index (χ2v) is 3.48. The Kier molecular flexibility index (Phi) is 4.40. The summed E-state index contributed by atoms with van der Waals surface area (Å²) in [5.41, 5.74) is 4.43. The van der Waals surface area contributed by atoms with E-state index < -0.39 is 17.7 Å². The van der Waals surface area contributed by atoms with Crippen molar-refractivity contribution in [2.24, 2.45) is 5.73 Å². The van der Waals surface area contributed by atoms with Crippen molar-refractivity contribution in [1.29, 1.82) is 0 Å². The highest BCUT2D eigenvalue weighted by Gasteiger charge is 2.19. The third-order valence-corrected chi connectivity index (χ3v) is 0.935. The van der Waals surface area contributed by atoms with Crippen molar-refractivity contribution < 1.29 is 19.1 Å². The summed E-state index contributed by atoms with van der Waals surface area (Å²) in [7, 11) is 0. The van der Waals surface area contributed by atoms with Gasteiger partial charge in [0.1, 0.15) is 5.60 Å². The van der Waals surface area contributed by atoms with Crippen LogP contribution in [0.2, 0.25) is 0 Å². The van der Waals surface area contributed by atoms with E-state index in [1.54, 1.807) is 20.8 Å². The van der Waals surface area contributed by atoms with E-state index in [-0.39, 0.29) is 13.0 Å². The largest absolute Gasteiger partial charge is 0.516 e. The molecule has 0 saturated carbocycles. The van der Waals surface area contributed by atoms with Gasteiger partial charge in [-0.25, -0.2) is 4.79 Å². The predicted octanol–water partition coefficient (Wildman–Crippen LogP) is 0.813. The maximum Gasteiger partial charge on any atom is 0.516 e. The molecule has 0 spiro atoms. The van der Waals surface area contributed by atoms with E-state index in [0.29, 0.717) is 0 Å². The lowest BCUT2D eigenvalue weighted by atomic mass is 10.2. The first kappa shape index (κ1) is 11.9. The SMILES string of the molecule is CC(C)(C)OC(=O)OC(=O)CCN. The third kappa shape index (κ3) is 7.27. The zero-order chi connectivity index (χ0) is 10.5. The lowest BCUT2D eigenvalue weighted by Gasteiger charge is -2.17. The highest BCUT2D eigenvalue weighted by atomic mass is 16.7. The van der Waals surface area contributed by atoms with Gasteiger partial charge in [0.05, 0.1) is 6.42 Å². The molecule has 0 aliphatic rings. The molecule has 0 bridgehead atoms. The normalized spacial score (nSPS) is 10.8. The summed E-state index contributed by atoms with van der Waals surface area (Å²) >= 11 is 0. The van der Waals surface area contributed by atoms with Crippen molar-refractivity contribution in [1.82, 2.24) is 0 Å². The van der Waals surface area contributed by atoms with E-state index in [1.807, 2.05) is 0 Å². The Balaban J connectivity index is 3.82. The molecule has 0 aliphatic carbocycles. The second kappa shape index (κ2) is 4.81. The zero-order valence-electron chi connectivity index (χ0n) is 8.12. The van der Waals surface area contributed by atoms with Crippen LogP contribution < -0.4 is 5.73 Å². The average molecular weight is 189 g/mol. The molecular weight excluding hydrogens is 174 g/mol. The highest BCUT2D eigenvalue weighted by molar-refractivity contribution is 5.81. The Labute approximate surface area is 77.2 Å². The zero-order valence-corrected chi connectivity index (χ0v) is 8.12. The number of ether oxygens (including phenoxy) is 2. The molecule has 0 amide bonds. The van der Waals surface area contributed by atoms with Crippen molar-refractivity contribution >= 4 is 12.1 Å². The van der Waals surface area contributed by atoms with E-state index >= 15 is 0 Å². The topological polar surface area (TPSA) is 78.6 Å². The molecule has 76 valence electrons. The summed E-state index contributed by atoms with van der Waals surface area (Å²) in [6.07, 6.45) is -0.967. The molecule has 5 heteroatoms. The monoisotopic (exact) mass is 189 g/mol. The molecule has 5 nitrogen and oxygen atoms in total. The Morgan fingerprint density at radius 1 is 1.31 bits per heavy atom. The van der Waals surface area contributed by atoms with Gasteiger partial charge in [-0.1, -0.05) is 0 Å². The number of esters is 1. The van der Waals surface area contributed by atoms with E-state index in [4.69, 9.17) is 10.5 Å². The summed E-state index contributed by atoms with van der Waals surface area (Å²) in [6.45, 7) is 5.20. The van der Waals surface area contributed by atoms with Crippen LogP contribution in [0.5, 0.6) is 0 Å². The molecule has 0 atom stereocenters.